The van der Waals surface area contributed by atoms with Crippen LogP contribution in [0.1, 0.15) is 24.8 Å². The normalized spacial score (nSPS) is 18.8. The summed E-state index contributed by atoms with van der Waals surface area (Å²) >= 11 is 0. The van der Waals surface area contributed by atoms with Crippen LogP contribution < -0.4 is 11.1 Å². The summed E-state index contributed by atoms with van der Waals surface area (Å²) < 4.78 is 0. The molecule has 1 amide bonds. The Kier molecular flexibility index (Phi) is 8.90. The summed E-state index contributed by atoms with van der Waals surface area (Å²) in [5.74, 6) is 0.594. The van der Waals surface area contributed by atoms with Crippen molar-refractivity contribution in [1.82, 2.24) is 10.3 Å². The maximum absolute atomic E-state index is 12.3. The number of hydrogen-bond acceptors (Lipinski definition) is 3. The van der Waals surface area contributed by atoms with Gasteiger partial charge >= 0.3 is 0 Å². The second kappa shape index (κ2) is 10.4. The van der Waals surface area contributed by atoms with Crippen LogP contribution in [0.15, 0.2) is 48.8 Å². The van der Waals surface area contributed by atoms with Crippen LogP contribution in [0.25, 0.3) is 11.1 Å². The molecule has 1 aromatic heterocycles. The number of aromatic nitrogens is 1. The number of nitrogens with one attached hydrogen (secondary N) is 1. The van der Waals surface area contributed by atoms with Crippen molar-refractivity contribution in [3.63, 3.8) is 0 Å². The van der Waals surface area contributed by atoms with Crippen molar-refractivity contribution >= 4 is 30.7 Å². The van der Waals surface area contributed by atoms with Crippen molar-refractivity contribution < 1.29 is 4.79 Å². The quantitative estimate of drug-likeness (QED) is 0.831. The summed E-state index contributed by atoms with van der Waals surface area (Å²) in [4.78, 5) is 16.3. The van der Waals surface area contributed by atoms with Crippen LogP contribution in [-0.2, 0) is 11.3 Å². The number of amides is 1. The van der Waals surface area contributed by atoms with Gasteiger partial charge in [0.1, 0.15) is 0 Å². The van der Waals surface area contributed by atoms with Gasteiger partial charge in [-0.2, -0.15) is 0 Å². The van der Waals surface area contributed by atoms with E-state index < -0.39 is 0 Å². The SMILES string of the molecule is Cl.Cl.NC[C@H]1CCC[C@H]1C(=O)NCc1ccc(-c2ccncc2)cc1. The molecule has 4 nitrogen and oxygen atoms in total. The number of benzene rings is 1. The number of carbonyl (C=O) groups is 1. The molecule has 2 atom stereocenters. The third kappa shape index (κ3) is 5.43. The molecule has 0 saturated heterocycles. The minimum atomic E-state index is 0. The van der Waals surface area contributed by atoms with Crippen molar-refractivity contribution in [3.8, 4) is 11.1 Å². The van der Waals surface area contributed by atoms with E-state index in [0.717, 1.165) is 36.0 Å². The molecule has 25 heavy (non-hydrogen) atoms. The van der Waals surface area contributed by atoms with E-state index in [1.54, 1.807) is 12.4 Å². The summed E-state index contributed by atoms with van der Waals surface area (Å²) in [7, 11) is 0. The highest BCUT2D eigenvalue weighted by Gasteiger charge is 2.31. The largest absolute Gasteiger partial charge is 0.352 e. The van der Waals surface area contributed by atoms with Crippen LogP contribution in [-0.4, -0.2) is 17.4 Å². The number of hydrogen-bond donors (Lipinski definition) is 2. The molecular weight excluding hydrogens is 357 g/mol. The first-order valence-corrected chi connectivity index (χ1v) is 8.25. The third-order valence-electron chi connectivity index (χ3n) is 4.73. The predicted molar refractivity (Wildman–Crippen MR) is 106 cm³/mol. The Balaban J connectivity index is 0.00000156. The average molecular weight is 382 g/mol. The summed E-state index contributed by atoms with van der Waals surface area (Å²) in [6.07, 6.45) is 6.74. The fourth-order valence-corrected chi connectivity index (χ4v) is 3.34. The van der Waals surface area contributed by atoms with Gasteiger partial charge in [-0.15, -0.1) is 24.8 Å². The number of nitrogens with zero attached hydrogens (tertiary/aromatic N) is 1. The van der Waals surface area contributed by atoms with Gasteiger partial charge in [0.25, 0.3) is 0 Å². The van der Waals surface area contributed by atoms with E-state index in [2.05, 4.69) is 34.6 Å². The van der Waals surface area contributed by atoms with Crippen LogP contribution in [0.3, 0.4) is 0 Å². The first-order chi connectivity index (χ1) is 11.3. The van der Waals surface area contributed by atoms with Gasteiger partial charge in [-0.25, -0.2) is 0 Å². The molecule has 1 fully saturated rings. The van der Waals surface area contributed by atoms with E-state index in [-0.39, 0.29) is 36.6 Å². The Morgan fingerprint density at radius 1 is 1.04 bits per heavy atom. The zero-order chi connectivity index (χ0) is 16.1. The van der Waals surface area contributed by atoms with Crippen molar-refractivity contribution in [3.05, 3.63) is 54.4 Å². The number of halogens is 2. The standard InChI is InChI=1S/C19H23N3O.2ClH/c20-12-17-2-1-3-18(17)19(23)22-13-14-4-6-15(7-5-14)16-8-10-21-11-9-16;;/h4-11,17-18H,1-3,12-13,20H2,(H,22,23);2*1H/t17-,18-;;/m1../s1. The molecule has 1 aromatic carbocycles. The van der Waals surface area contributed by atoms with Crippen LogP contribution in [0, 0.1) is 11.8 Å². The van der Waals surface area contributed by atoms with E-state index >= 15 is 0 Å². The van der Waals surface area contributed by atoms with Gasteiger partial charge in [-0.1, -0.05) is 30.7 Å². The molecule has 1 saturated carbocycles. The molecule has 3 rings (SSSR count). The van der Waals surface area contributed by atoms with Crippen LogP contribution >= 0.6 is 24.8 Å². The highest BCUT2D eigenvalue weighted by atomic mass is 35.5. The molecule has 136 valence electrons. The Morgan fingerprint density at radius 2 is 1.68 bits per heavy atom. The summed E-state index contributed by atoms with van der Waals surface area (Å²) in [6.45, 7) is 1.18. The lowest BCUT2D eigenvalue weighted by Gasteiger charge is -2.17. The highest BCUT2D eigenvalue weighted by Crippen LogP contribution is 2.31. The minimum Gasteiger partial charge on any atom is -0.352 e. The molecule has 1 aliphatic carbocycles. The monoisotopic (exact) mass is 381 g/mol. The molecule has 0 unspecified atom stereocenters. The van der Waals surface area contributed by atoms with Gasteiger partial charge in [0.05, 0.1) is 0 Å². The van der Waals surface area contributed by atoms with E-state index in [0.29, 0.717) is 19.0 Å². The topological polar surface area (TPSA) is 68.0 Å². The first kappa shape index (κ1) is 21.4. The van der Waals surface area contributed by atoms with Crippen molar-refractivity contribution in [2.75, 3.05) is 6.54 Å². The van der Waals surface area contributed by atoms with Gasteiger partial charge in [0.15, 0.2) is 0 Å². The molecule has 0 aliphatic heterocycles. The number of nitrogens with two attached hydrogens (primary N) is 1. The number of carbonyl (C=O) groups excluding carboxylic acids is 1. The lowest BCUT2D eigenvalue weighted by molar-refractivity contribution is -0.126. The van der Waals surface area contributed by atoms with Crippen molar-refractivity contribution in [2.24, 2.45) is 17.6 Å². The van der Waals surface area contributed by atoms with Crippen molar-refractivity contribution in [2.45, 2.75) is 25.8 Å². The fraction of sp³-hybridized carbons (Fsp3) is 0.368. The highest BCUT2D eigenvalue weighted by molar-refractivity contribution is 5.85. The maximum Gasteiger partial charge on any atom is 0.223 e. The lowest BCUT2D eigenvalue weighted by atomic mass is 9.95. The molecule has 0 bridgehead atoms. The Labute approximate surface area is 161 Å². The molecule has 6 heteroatoms. The van der Waals surface area contributed by atoms with E-state index in [9.17, 15) is 4.79 Å². The smallest absolute Gasteiger partial charge is 0.223 e. The molecule has 3 N–H and O–H groups in total. The molecular formula is C19H25Cl2N3O. The third-order valence-corrected chi connectivity index (χ3v) is 4.73. The van der Waals surface area contributed by atoms with Gasteiger partial charge in [0, 0.05) is 24.9 Å². The summed E-state index contributed by atoms with van der Waals surface area (Å²) in [5, 5.41) is 3.06. The average Bonchev–Trinajstić information content (AvgIpc) is 3.10. The van der Waals surface area contributed by atoms with Crippen molar-refractivity contribution in [1.29, 1.82) is 0 Å². The Bertz CT molecular complexity index is 649. The minimum absolute atomic E-state index is 0. The second-order valence-corrected chi connectivity index (χ2v) is 6.18. The van der Waals surface area contributed by atoms with E-state index in [1.165, 1.54) is 0 Å². The van der Waals surface area contributed by atoms with Gasteiger partial charge < -0.3 is 11.1 Å². The molecule has 0 spiro atoms. The zero-order valence-corrected chi connectivity index (χ0v) is 15.7. The predicted octanol–water partition coefficient (Wildman–Crippen LogP) is 3.58. The van der Waals surface area contributed by atoms with E-state index in [4.69, 9.17) is 5.73 Å². The zero-order valence-electron chi connectivity index (χ0n) is 14.1. The molecule has 1 aliphatic rings. The summed E-state index contributed by atoms with van der Waals surface area (Å²) in [6, 6.07) is 12.3. The Morgan fingerprint density at radius 3 is 2.32 bits per heavy atom. The summed E-state index contributed by atoms with van der Waals surface area (Å²) in [5.41, 5.74) is 9.17. The number of rotatable bonds is 5. The first-order valence-electron chi connectivity index (χ1n) is 8.25. The van der Waals surface area contributed by atoms with Crippen LogP contribution in [0.5, 0.6) is 0 Å². The second-order valence-electron chi connectivity index (χ2n) is 6.18. The fourth-order valence-electron chi connectivity index (χ4n) is 3.34. The Hall–Kier alpha value is -1.62. The molecule has 2 aromatic rings. The van der Waals surface area contributed by atoms with Gasteiger partial charge in [-0.05, 0) is 54.1 Å². The van der Waals surface area contributed by atoms with Gasteiger partial charge in [0.2, 0.25) is 5.91 Å². The van der Waals surface area contributed by atoms with Crippen LogP contribution in [0.2, 0.25) is 0 Å². The van der Waals surface area contributed by atoms with Crippen LogP contribution in [0.4, 0.5) is 0 Å². The molecule has 1 heterocycles. The lowest BCUT2D eigenvalue weighted by Crippen LogP contribution is -2.34. The van der Waals surface area contributed by atoms with Gasteiger partial charge in [-0.3, -0.25) is 9.78 Å². The maximum atomic E-state index is 12.3. The number of pyridine rings is 1. The molecule has 0 radical (unpaired) electrons. The van der Waals surface area contributed by atoms with E-state index in [1.807, 2.05) is 12.1 Å².